The van der Waals surface area contributed by atoms with Crippen LogP contribution in [-0.4, -0.2) is 46.9 Å². The summed E-state index contributed by atoms with van der Waals surface area (Å²) in [7, 11) is 0. The van der Waals surface area contributed by atoms with Crippen LogP contribution >= 0.6 is 0 Å². The van der Waals surface area contributed by atoms with E-state index in [2.05, 4.69) is 5.32 Å². The number of amides is 2. The molecule has 124 valence electrons. The number of aliphatic carboxylic acids is 1. The first-order valence-corrected chi connectivity index (χ1v) is 8.29. The van der Waals surface area contributed by atoms with E-state index in [0.717, 1.165) is 25.7 Å². The maximum atomic E-state index is 12.2. The number of nitrogens with one attached hydrogen (secondary N) is 1. The van der Waals surface area contributed by atoms with Gasteiger partial charge in [0, 0.05) is 25.6 Å². The van der Waals surface area contributed by atoms with Crippen LogP contribution in [0.5, 0.6) is 0 Å². The molecular weight excluding hydrogens is 284 g/mol. The molecule has 1 saturated heterocycles. The molecule has 1 aliphatic heterocycles. The second kappa shape index (κ2) is 7.61. The van der Waals surface area contributed by atoms with Gasteiger partial charge in [0.25, 0.3) is 0 Å². The summed E-state index contributed by atoms with van der Waals surface area (Å²) in [4.78, 5) is 37.0. The van der Waals surface area contributed by atoms with Crippen molar-refractivity contribution in [3.05, 3.63) is 0 Å². The summed E-state index contributed by atoms with van der Waals surface area (Å²) in [6, 6.07) is 0.283. The molecule has 1 heterocycles. The third-order valence-electron chi connectivity index (χ3n) is 4.80. The average molecular weight is 310 g/mol. The van der Waals surface area contributed by atoms with Gasteiger partial charge in [-0.15, -0.1) is 0 Å². The summed E-state index contributed by atoms with van der Waals surface area (Å²) in [6.07, 6.45) is 7.10. The number of nitrogens with zero attached hydrogens (tertiary/aromatic N) is 1. The van der Waals surface area contributed by atoms with Crippen molar-refractivity contribution in [3.8, 4) is 0 Å². The van der Waals surface area contributed by atoms with Crippen molar-refractivity contribution in [2.75, 3.05) is 13.1 Å². The van der Waals surface area contributed by atoms with Crippen LogP contribution in [-0.2, 0) is 14.4 Å². The maximum absolute atomic E-state index is 12.2. The van der Waals surface area contributed by atoms with E-state index in [0.29, 0.717) is 6.54 Å². The van der Waals surface area contributed by atoms with Crippen molar-refractivity contribution in [1.82, 2.24) is 10.2 Å². The third kappa shape index (κ3) is 4.21. The molecule has 0 spiro atoms. The standard InChI is InChI=1S/C16H26N2O4/c1-11(16(21)22)9-17-15(20)12-8-14(19)18(10-12)13-6-4-2-3-5-7-13/h11-13H,2-10H2,1H3,(H,17,20)(H,21,22). The lowest BCUT2D eigenvalue weighted by atomic mass is 10.1. The van der Waals surface area contributed by atoms with E-state index in [1.54, 1.807) is 6.92 Å². The number of carbonyl (C=O) groups is 3. The molecule has 6 nitrogen and oxygen atoms in total. The molecule has 0 radical (unpaired) electrons. The lowest BCUT2D eigenvalue weighted by molar-refractivity contribution is -0.141. The van der Waals surface area contributed by atoms with Gasteiger partial charge in [0.1, 0.15) is 0 Å². The van der Waals surface area contributed by atoms with Gasteiger partial charge in [0.15, 0.2) is 0 Å². The summed E-state index contributed by atoms with van der Waals surface area (Å²) in [5, 5.41) is 11.5. The smallest absolute Gasteiger partial charge is 0.308 e. The van der Waals surface area contributed by atoms with Crippen LogP contribution in [0.25, 0.3) is 0 Å². The zero-order valence-electron chi connectivity index (χ0n) is 13.2. The molecule has 1 aliphatic carbocycles. The summed E-state index contributed by atoms with van der Waals surface area (Å²) in [5.74, 6) is -2.01. The molecule has 6 heteroatoms. The lowest BCUT2D eigenvalue weighted by Crippen LogP contribution is -2.39. The molecule has 2 aliphatic rings. The number of likely N-dealkylation sites (tertiary alicyclic amines) is 1. The van der Waals surface area contributed by atoms with Crippen molar-refractivity contribution >= 4 is 17.8 Å². The molecule has 2 rings (SSSR count). The summed E-state index contributed by atoms with van der Waals surface area (Å²) in [5.41, 5.74) is 0. The van der Waals surface area contributed by atoms with Crippen molar-refractivity contribution in [3.63, 3.8) is 0 Å². The third-order valence-corrected chi connectivity index (χ3v) is 4.80. The largest absolute Gasteiger partial charge is 0.481 e. The van der Waals surface area contributed by atoms with Crippen LogP contribution in [0.2, 0.25) is 0 Å². The van der Waals surface area contributed by atoms with Gasteiger partial charge in [-0.1, -0.05) is 32.6 Å². The van der Waals surface area contributed by atoms with Crippen LogP contribution in [0.3, 0.4) is 0 Å². The van der Waals surface area contributed by atoms with E-state index in [4.69, 9.17) is 5.11 Å². The fraction of sp³-hybridized carbons (Fsp3) is 0.812. The number of carboxylic acids is 1. The first-order chi connectivity index (χ1) is 10.5. The predicted molar refractivity (Wildman–Crippen MR) is 81.1 cm³/mol. The Morgan fingerprint density at radius 3 is 2.50 bits per heavy atom. The zero-order chi connectivity index (χ0) is 16.1. The molecule has 0 aromatic carbocycles. The first-order valence-electron chi connectivity index (χ1n) is 8.29. The lowest BCUT2D eigenvalue weighted by Gasteiger charge is -2.27. The quantitative estimate of drug-likeness (QED) is 0.751. The summed E-state index contributed by atoms with van der Waals surface area (Å²) in [6.45, 7) is 2.15. The monoisotopic (exact) mass is 310 g/mol. The molecule has 0 aromatic rings. The topological polar surface area (TPSA) is 86.7 Å². The second-order valence-electron chi connectivity index (χ2n) is 6.58. The number of hydrogen-bond donors (Lipinski definition) is 2. The van der Waals surface area contributed by atoms with Gasteiger partial charge in [0.2, 0.25) is 11.8 Å². The Bertz CT molecular complexity index is 430. The van der Waals surface area contributed by atoms with Crippen molar-refractivity contribution in [2.45, 2.75) is 57.9 Å². The average Bonchev–Trinajstić information content (AvgIpc) is 2.71. The Morgan fingerprint density at radius 2 is 1.91 bits per heavy atom. The minimum atomic E-state index is -0.928. The van der Waals surface area contributed by atoms with E-state index in [1.165, 1.54) is 12.8 Å². The van der Waals surface area contributed by atoms with E-state index in [9.17, 15) is 14.4 Å². The summed E-state index contributed by atoms with van der Waals surface area (Å²) < 4.78 is 0. The fourth-order valence-electron chi connectivity index (χ4n) is 3.31. The van der Waals surface area contributed by atoms with Gasteiger partial charge >= 0.3 is 5.97 Å². The Morgan fingerprint density at radius 1 is 1.27 bits per heavy atom. The van der Waals surface area contributed by atoms with Gasteiger partial charge in [-0.05, 0) is 12.8 Å². The Hall–Kier alpha value is -1.59. The van der Waals surface area contributed by atoms with E-state index >= 15 is 0 Å². The number of carboxylic acid groups (broad SMARTS) is 1. The Kier molecular flexibility index (Phi) is 5.80. The van der Waals surface area contributed by atoms with Crippen molar-refractivity contribution in [1.29, 1.82) is 0 Å². The van der Waals surface area contributed by atoms with Crippen LogP contribution < -0.4 is 5.32 Å². The van der Waals surface area contributed by atoms with Crippen molar-refractivity contribution < 1.29 is 19.5 Å². The highest BCUT2D eigenvalue weighted by Gasteiger charge is 2.37. The molecule has 0 aromatic heterocycles. The molecular formula is C16H26N2O4. The Labute approximate surface area is 131 Å². The molecule has 1 saturated carbocycles. The predicted octanol–water partition coefficient (Wildman–Crippen LogP) is 1.39. The van der Waals surface area contributed by atoms with Crippen LogP contribution in [0.1, 0.15) is 51.9 Å². The minimum absolute atomic E-state index is 0.0679. The van der Waals surface area contributed by atoms with E-state index in [1.807, 2.05) is 4.90 Å². The SMILES string of the molecule is CC(CNC(=O)C1CC(=O)N(C2CCCCCC2)C1)C(=O)O. The van der Waals surface area contributed by atoms with Crippen LogP contribution in [0, 0.1) is 11.8 Å². The maximum Gasteiger partial charge on any atom is 0.308 e. The zero-order valence-corrected chi connectivity index (χ0v) is 13.2. The number of rotatable bonds is 5. The first kappa shape index (κ1) is 16.8. The highest BCUT2D eigenvalue weighted by Crippen LogP contribution is 2.28. The second-order valence-corrected chi connectivity index (χ2v) is 6.58. The molecule has 2 atom stereocenters. The van der Waals surface area contributed by atoms with Gasteiger partial charge in [-0.2, -0.15) is 0 Å². The Balaban J connectivity index is 1.85. The molecule has 22 heavy (non-hydrogen) atoms. The van der Waals surface area contributed by atoms with Crippen LogP contribution in [0.4, 0.5) is 0 Å². The summed E-state index contributed by atoms with van der Waals surface area (Å²) >= 11 is 0. The van der Waals surface area contributed by atoms with Crippen molar-refractivity contribution in [2.24, 2.45) is 11.8 Å². The molecule has 2 unspecified atom stereocenters. The van der Waals surface area contributed by atoms with Crippen LogP contribution in [0.15, 0.2) is 0 Å². The minimum Gasteiger partial charge on any atom is -0.481 e. The van der Waals surface area contributed by atoms with Gasteiger partial charge in [-0.25, -0.2) is 0 Å². The van der Waals surface area contributed by atoms with E-state index < -0.39 is 11.9 Å². The fourth-order valence-corrected chi connectivity index (χ4v) is 3.31. The van der Waals surface area contributed by atoms with E-state index in [-0.39, 0.29) is 36.7 Å². The molecule has 0 bridgehead atoms. The number of carbonyl (C=O) groups excluding carboxylic acids is 2. The molecule has 2 fully saturated rings. The van der Waals surface area contributed by atoms with Gasteiger partial charge in [-0.3, -0.25) is 14.4 Å². The molecule has 2 amide bonds. The highest BCUT2D eigenvalue weighted by atomic mass is 16.4. The van der Waals surface area contributed by atoms with Gasteiger partial charge < -0.3 is 15.3 Å². The highest BCUT2D eigenvalue weighted by molar-refractivity contribution is 5.89. The molecule has 2 N–H and O–H groups in total. The number of hydrogen-bond acceptors (Lipinski definition) is 3. The normalized spacial score (nSPS) is 24.9. The van der Waals surface area contributed by atoms with Gasteiger partial charge in [0.05, 0.1) is 11.8 Å².